The van der Waals surface area contributed by atoms with Gasteiger partial charge in [0.2, 0.25) is 0 Å². The normalized spacial score (nSPS) is 14.5. The number of ether oxygens (including phenoxy) is 1. The number of nitrogens with one attached hydrogen (secondary N) is 1. The van der Waals surface area contributed by atoms with E-state index in [1.54, 1.807) is 19.2 Å². The quantitative estimate of drug-likeness (QED) is 0.822. The minimum Gasteiger partial charge on any atom is -0.380 e. The van der Waals surface area contributed by atoms with Crippen LogP contribution in [0.3, 0.4) is 0 Å². The molecule has 2 nitrogen and oxygen atoms in total. The van der Waals surface area contributed by atoms with Gasteiger partial charge in [-0.15, -0.1) is 0 Å². The molecule has 0 bridgehead atoms. The molecule has 0 saturated heterocycles. The number of hydrogen-bond acceptors (Lipinski definition) is 2. The van der Waals surface area contributed by atoms with Gasteiger partial charge in [-0.1, -0.05) is 31.0 Å². The lowest BCUT2D eigenvalue weighted by Gasteiger charge is -2.25. The molecular formula is C14H21ClFNO. The topological polar surface area (TPSA) is 21.3 Å². The Morgan fingerprint density at radius 2 is 2.17 bits per heavy atom. The summed E-state index contributed by atoms with van der Waals surface area (Å²) in [4.78, 5) is 0. The lowest BCUT2D eigenvalue weighted by molar-refractivity contribution is 0.0633. The average Bonchev–Trinajstić information content (AvgIpc) is 2.37. The van der Waals surface area contributed by atoms with Gasteiger partial charge in [-0.2, -0.15) is 0 Å². The largest absolute Gasteiger partial charge is 0.380 e. The zero-order valence-electron chi connectivity index (χ0n) is 11.2. The molecule has 4 heteroatoms. The van der Waals surface area contributed by atoms with E-state index in [0.29, 0.717) is 0 Å². The molecule has 0 aliphatic rings. The van der Waals surface area contributed by atoms with Gasteiger partial charge in [0.1, 0.15) is 5.82 Å². The van der Waals surface area contributed by atoms with Crippen molar-refractivity contribution in [1.29, 1.82) is 0 Å². The minimum absolute atomic E-state index is 0.156. The lowest BCUT2D eigenvalue weighted by Crippen LogP contribution is -2.40. The van der Waals surface area contributed by atoms with Crippen LogP contribution in [0.25, 0.3) is 0 Å². The molecule has 0 heterocycles. The van der Waals surface area contributed by atoms with Crippen molar-refractivity contribution in [3.8, 4) is 0 Å². The summed E-state index contributed by atoms with van der Waals surface area (Å²) in [7, 11) is 3.64. The Bertz CT molecular complexity index is 373. The second kappa shape index (κ2) is 7.72. The molecule has 2 unspecified atom stereocenters. The van der Waals surface area contributed by atoms with Crippen LogP contribution in [0.4, 0.5) is 4.39 Å². The molecule has 2 atom stereocenters. The van der Waals surface area contributed by atoms with Crippen LogP contribution in [-0.4, -0.2) is 26.3 Å². The zero-order valence-corrected chi connectivity index (χ0v) is 11.9. The Balaban J connectivity index is 2.74. The minimum atomic E-state index is -0.377. The van der Waals surface area contributed by atoms with E-state index in [0.717, 1.165) is 24.8 Å². The number of likely N-dealkylation sites (N-methyl/N-ethyl adjacent to an activating group) is 1. The third-order valence-electron chi connectivity index (χ3n) is 3.14. The Kier molecular flexibility index (Phi) is 6.61. The summed E-state index contributed by atoms with van der Waals surface area (Å²) in [6, 6.07) is 5.06. The fourth-order valence-electron chi connectivity index (χ4n) is 2.11. The van der Waals surface area contributed by atoms with E-state index in [1.165, 1.54) is 6.07 Å². The fraction of sp³-hybridized carbons (Fsp3) is 0.571. The smallest absolute Gasteiger partial charge is 0.141 e. The van der Waals surface area contributed by atoms with Crippen LogP contribution in [0.15, 0.2) is 18.2 Å². The van der Waals surface area contributed by atoms with E-state index in [-0.39, 0.29) is 23.0 Å². The Hall–Kier alpha value is -0.640. The molecule has 0 fully saturated rings. The van der Waals surface area contributed by atoms with E-state index in [1.807, 2.05) is 7.05 Å². The number of rotatable bonds is 7. The predicted octanol–water partition coefficient (Wildman–Crippen LogP) is 3.42. The molecule has 1 aromatic carbocycles. The van der Waals surface area contributed by atoms with Gasteiger partial charge in [0.25, 0.3) is 0 Å². The molecule has 102 valence electrons. The highest BCUT2D eigenvalue weighted by molar-refractivity contribution is 6.30. The zero-order chi connectivity index (χ0) is 13.5. The van der Waals surface area contributed by atoms with Crippen LogP contribution in [0.5, 0.6) is 0 Å². The third kappa shape index (κ3) is 4.23. The second-order valence-corrected chi connectivity index (χ2v) is 4.82. The molecule has 0 aromatic heterocycles. The standard InChI is InChI=1S/C14H21ClFNO/c1-4-5-14(18-3)13(17-2)9-10-6-7-12(16)11(15)8-10/h6-8,13-14,17H,4-5,9H2,1-3H3. The van der Waals surface area contributed by atoms with Crippen molar-refractivity contribution in [2.45, 2.75) is 38.3 Å². The highest BCUT2D eigenvalue weighted by Crippen LogP contribution is 2.19. The Morgan fingerprint density at radius 3 is 2.67 bits per heavy atom. The summed E-state index contributed by atoms with van der Waals surface area (Å²) < 4.78 is 18.6. The van der Waals surface area contributed by atoms with Gasteiger partial charge in [0.05, 0.1) is 11.1 Å². The third-order valence-corrected chi connectivity index (χ3v) is 3.42. The average molecular weight is 274 g/mol. The van der Waals surface area contributed by atoms with Gasteiger partial charge in [-0.3, -0.25) is 0 Å². The van der Waals surface area contributed by atoms with Crippen molar-refractivity contribution in [2.24, 2.45) is 0 Å². The van der Waals surface area contributed by atoms with Gasteiger partial charge in [0.15, 0.2) is 0 Å². The van der Waals surface area contributed by atoms with E-state index < -0.39 is 0 Å². The predicted molar refractivity (Wildman–Crippen MR) is 73.7 cm³/mol. The summed E-state index contributed by atoms with van der Waals surface area (Å²) in [5.41, 5.74) is 1.01. The van der Waals surface area contributed by atoms with Crippen molar-refractivity contribution in [2.75, 3.05) is 14.2 Å². The fourth-order valence-corrected chi connectivity index (χ4v) is 2.31. The number of hydrogen-bond donors (Lipinski definition) is 1. The van der Waals surface area contributed by atoms with Crippen LogP contribution >= 0.6 is 11.6 Å². The number of halogens is 2. The summed E-state index contributed by atoms with van der Waals surface area (Å²) >= 11 is 5.79. The lowest BCUT2D eigenvalue weighted by atomic mass is 9.98. The molecule has 1 rings (SSSR count). The second-order valence-electron chi connectivity index (χ2n) is 4.41. The van der Waals surface area contributed by atoms with Crippen LogP contribution in [-0.2, 0) is 11.2 Å². The molecule has 0 saturated carbocycles. The molecule has 0 aliphatic heterocycles. The first-order valence-corrected chi connectivity index (χ1v) is 6.64. The molecular weight excluding hydrogens is 253 g/mol. The molecule has 0 radical (unpaired) electrons. The highest BCUT2D eigenvalue weighted by atomic mass is 35.5. The van der Waals surface area contributed by atoms with E-state index in [4.69, 9.17) is 16.3 Å². The van der Waals surface area contributed by atoms with Crippen molar-refractivity contribution in [3.05, 3.63) is 34.6 Å². The monoisotopic (exact) mass is 273 g/mol. The van der Waals surface area contributed by atoms with Gasteiger partial charge in [-0.05, 0) is 37.6 Å². The maximum Gasteiger partial charge on any atom is 0.141 e. The molecule has 1 N–H and O–H groups in total. The Morgan fingerprint density at radius 1 is 1.44 bits per heavy atom. The summed E-state index contributed by atoms with van der Waals surface area (Å²) in [6.45, 7) is 2.13. The first kappa shape index (κ1) is 15.4. The molecule has 0 spiro atoms. The van der Waals surface area contributed by atoms with Crippen molar-refractivity contribution >= 4 is 11.6 Å². The van der Waals surface area contributed by atoms with Gasteiger partial charge in [0, 0.05) is 13.2 Å². The molecule has 18 heavy (non-hydrogen) atoms. The SMILES string of the molecule is CCCC(OC)C(Cc1ccc(F)c(Cl)c1)NC. The Labute approximate surface area is 113 Å². The highest BCUT2D eigenvalue weighted by Gasteiger charge is 2.19. The first-order chi connectivity index (χ1) is 8.62. The van der Waals surface area contributed by atoms with Gasteiger partial charge in [-0.25, -0.2) is 4.39 Å². The number of benzene rings is 1. The maximum atomic E-state index is 13.1. The first-order valence-electron chi connectivity index (χ1n) is 6.26. The number of methoxy groups -OCH3 is 1. The van der Waals surface area contributed by atoms with Crippen molar-refractivity contribution < 1.29 is 9.13 Å². The van der Waals surface area contributed by atoms with E-state index in [9.17, 15) is 4.39 Å². The van der Waals surface area contributed by atoms with Crippen LogP contribution < -0.4 is 5.32 Å². The van der Waals surface area contributed by atoms with Crippen molar-refractivity contribution in [3.63, 3.8) is 0 Å². The molecule has 0 aliphatic carbocycles. The molecule has 0 amide bonds. The summed E-state index contributed by atoms with van der Waals surface area (Å²) in [5, 5.41) is 3.43. The van der Waals surface area contributed by atoms with Crippen LogP contribution in [0, 0.1) is 5.82 Å². The summed E-state index contributed by atoms with van der Waals surface area (Å²) in [6.07, 6.45) is 3.00. The molecule has 1 aromatic rings. The van der Waals surface area contributed by atoms with Gasteiger partial charge >= 0.3 is 0 Å². The van der Waals surface area contributed by atoms with Gasteiger partial charge < -0.3 is 10.1 Å². The van der Waals surface area contributed by atoms with E-state index in [2.05, 4.69) is 12.2 Å². The maximum absolute atomic E-state index is 13.1. The summed E-state index contributed by atoms with van der Waals surface area (Å²) in [5.74, 6) is -0.377. The van der Waals surface area contributed by atoms with Crippen LogP contribution in [0.1, 0.15) is 25.3 Å². The van der Waals surface area contributed by atoms with E-state index >= 15 is 0 Å². The van der Waals surface area contributed by atoms with Crippen LogP contribution in [0.2, 0.25) is 5.02 Å². The van der Waals surface area contributed by atoms with Crippen molar-refractivity contribution in [1.82, 2.24) is 5.32 Å².